The Bertz CT molecular complexity index is 508. The van der Waals surface area contributed by atoms with Gasteiger partial charge in [-0.3, -0.25) is 9.59 Å². The van der Waals surface area contributed by atoms with Crippen LogP contribution in [0.5, 0.6) is 0 Å². The molecule has 0 aliphatic carbocycles. The molecule has 0 radical (unpaired) electrons. The van der Waals surface area contributed by atoms with Crippen LogP contribution in [0, 0.1) is 13.8 Å². The minimum Gasteiger partial charge on any atom is -0.340 e. The highest BCUT2D eigenvalue weighted by Crippen LogP contribution is 2.27. The van der Waals surface area contributed by atoms with Crippen LogP contribution in [0.25, 0.3) is 0 Å². The number of amides is 1. The molecule has 1 aromatic rings. The zero-order valence-electron chi connectivity index (χ0n) is 12.5. The third-order valence-corrected chi connectivity index (χ3v) is 4.49. The van der Waals surface area contributed by atoms with Gasteiger partial charge < -0.3 is 14.8 Å². The predicted molar refractivity (Wildman–Crippen MR) is 79.2 cm³/mol. The molecule has 110 valence electrons. The number of carbonyl (C=O) groups is 2. The van der Waals surface area contributed by atoms with E-state index in [1.54, 1.807) is 0 Å². The van der Waals surface area contributed by atoms with Crippen LogP contribution in [0.15, 0.2) is 0 Å². The van der Waals surface area contributed by atoms with Crippen LogP contribution in [0.1, 0.15) is 41.0 Å². The third-order valence-electron chi connectivity index (χ3n) is 4.49. The summed E-state index contributed by atoms with van der Waals surface area (Å²) in [5.74, 6) is 0. The fourth-order valence-corrected chi connectivity index (χ4v) is 3.25. The molecular formula is C15H23N3O2. The number of hydrogen-bond acceptors (Lipinski definition) is 3. The average molecular weight is 277 g/mol. The van der Waals surface area contributed by atoms with Gasteiger partial charge in [-0.2, -0.15) is 0 Å². The van der Waals surface area contributed by atoms with Crippen molar-refractivity contribution in [3.05, 3.63) is 17.0 Å². The van der Waals surface area contributed by atoms with Crippen molar-refractivity contribution in [2.75, 3.05) is 18.9 Å². The van der Waals surface area contributed by atoms with Crippen LogP contribution in [0.2, 0.25) is 0 Å². The number of aldehydes is 1. The molecule has 1 aliphatic rings. The first kappa shape index (κ1) is 14.8. The second-order valence-corrected chi connectivity index (χ2v) is 5.57. The lowest BCUT2D eigenvalue weighted by molar-refractivity contribution is -0.105. The highest BCUT2D eigenvalue weighted by Gasteiger charge is 2.22. The summed E-state index contributed by atoms with van der Waals surface area (Å²) in [7, 11) is 2.16. The zero-order chi connectivity index (χ0) is 14.7. The molecular weight excluding hydrogens is 254 g/mol. The van der Waals surface area contributed by atoms with Crippen molar-refractivity contribution in [1.29, 1.82) is 0 Å². The number of rotatable bonds is 6. The number of nitrogens with one attached hydrogen (secondary N) is 1. The quantitative estimate of drug-likeness (QED) is 0.809. The van der Waals surface area contributed by atoms with Gasteiger partial charge in [0.2, 0.25) is 6.41 Å². The fourth-order valence-electron chi connectivity index (χ4n) is 3.25. The smallest absolute Gasteiger partial charge is 0.211 e. The molecule has 1 fully saturated rings. The van der Waals surface area contributed by atoms with Gasteiger partial charge in [0.05, 0.1) is 11.4 Å². The number of anilines is 1. The van der Waals surface area contributed by atoms with E-state index >= 15 is 0 Å². The molecule has 1 amide bonds. The molecule has 2 rings (SSSR count). The molecule has 20 heavy (non-hydrogen) atoms. The average Bonchev–Trinajstić information content (AvgIpc) is 2.93. The Morgan fingerprint density at radius 3 is 2.65 bits per heavy atom. The first-order valence-electron chi connectivity index (χ1n) is 7.15. The highest BCUT2D eigenvalue weighted by atomic mass is 16.1. The van der Waals surface area contributed by atoms with Gasteiger partial charge in [-0.05, 0) is 46.7 Å². The van der Waals surface area contributed by atoms with Gasteiger partial charge in [0.25, 0.3) is 0 Å². The van der Waals surface area contributed by atoms with Crippen molar-refractivity contribution in [2.45, 2.75) is 45.7 Å². The maximum absolute atomic E-state index is 11.3. The van der Waals surface area contributed by atoms with Gasteiger partial charge in [0, 0.05) is 23.8 Å². The zero-order valence-corrected chi connectivity index (χ0v) is 12.5. The molecule has 1 atom stereocenters. The predicted octanol–water partition coefficient (Wildman–Crippen LogP) is 1.97. The molecule has 5 heteroatoms. The lowest BCUT2D eigenvalue weighted by atomic mass is 10.1. The fraction of sp³-hybridized carbons (Fsp3) is 0.600. The summed E-state index contributed by atoms with van der Waals surface area (Å²) in [6, 6.07) is 0.596. The summed E-state index contributed by atoms with van der Waals surface area (Å²) >= 11 is 0. The molecule has 1 aliphatic heterocycles. The topological polar surface area (TPSA) is 54.3 Å². The summed E-state index contributed by atoms with van der Waals surface area (Å²) in [5.41, 5.74) is 3.25. The van der Waals surface area contributed by atoms with Crippen LogP contribution < -0.4 is 5.32 Å². The first-order valence-corrected chi connectivity index (χ1v) is 7.15. The number of carbonyl (C=O) groups excluding carboxylic acids is 2. The van der Waals surface area contributed by atoms with E-state index in [9.17, 15) is 9.59 Å². The van der Waals surface area contributed by atoms with E-state index in [4.69, 9.17) is 0 Å². The van der Waals surface area contributed by atoms with Crippen molar-refractivity contribution in [1.82, 2.24) is 9.47 Å². The van der Waals surface area contributed by atoms with E-state index in [-0.39, 0.29) is 0 Å². The largest absolute Gasteiger partial charge is 0.340 e. The summed E-state index contributed by atoms with van der Waals surface area (Å²) in [5, 5.41) is 2.71. The van der Waals surface area contributed by atoms with Crippen molar-refractivity contribution in [2.24, 2.45) is 0 Å². The van der Waals surface area contributed by atoms with Gasteiger partial charge in [-0.15, -0.1) is 0 Å². The first-order chi connectivity index (χ1) is 9.60. The van der Waals surface area contributed by atoms with E-state index in [1.165, 1.54) is 12.8 Å². The van der Waals surface area contributed by atoms with E-state index in [0.29, 0.717) is 18.1 Å². The molecule has 1 unspecified atom stereocenters. The van der Waals surface area contributed by atoms with Gasteiger partial charge in [-0.1, -0.05) is 0 Å². The standard InChI is InChI=1S/C15H23N3O2/c1-11-14(9-19)18(12(2)15(11)16-10-20)8-6-13-5-4-7-17(13)3/h9-10,13H,4-8H2,1-3H3,(H,16,20). The summed E-state index contributed by atoms with van der Waals surface area (Å²) in [4.78, 5) is 24.4. The van der Waals surface area contributed by atoms with Crippen molar-refractivity contribution < 1.29 is 9.59 Å². The second-order valence-electron chi connectivity index (χ2n) is 5.57. The van der Waals surface area contributed by atoms with Gasteiger partial charge in [0.1, 0.15) is 0 Å². The Balaban J connectivity index is 2.19. The lowest BCUT2D eigenvalue weighted by Gasteiger charge is -2.20. The van der Waals surface area contributed by atoms with Gasteiger partial charge >= 0.3 is 0 Å². The Labute approximate surface area is 119 Å². The van der Waals surface area contributed by atoms with Crippen LogP contribution >= 0.6 is 0 Å². The van der Waals surface area contributed by atoms with Crippen LogP contribution in [-0.4, -0.2) is 41.8 Å². The van der Waals surface area contributed by atoms with Gasteiger partial charge in [-0.25, -0.2) is 0 Å². The number of likely N-dealkylation sites (tertiary alicyclic amines) is 1. The molecule has 5 nitrogen and oxygen atoms in total. The third kappa shape index (κ3) is 2.63. The van der Waals surface area contributed by atoms with E-state index < -0.39 is 0 Å². The Hall–Kier alpha value is -1.62. The van der Waals surface area contributed by atoms with Crippen molar-refractivity contribution in [3.8, 4) is 0 Å². The molecule has 0 spiro atoms. The summed E-state index contributed by atoms with van der Waals surface area (Å²) in [6.45, 7) is 5.80. The van der Waals surface area contributed by atoms with Crippen LogP contribution in [0.3, 0.4) is 0 Å². The van der Waals surface area contributed by atoms with Gasteiger partial charge in [0.15, 0.2) is 6.29 Å². The monoisotopic (exact) mass is 277 g/mol. The van der Waals surface area contributed by atoms with Crippen molar-refractivity contribution >= 4 is 18.4 Å². The Kier molecular flexibility index (Phi) is 4.60. The molecule has 0 saturated carbocycles. The molecule has 1 N–H and O–H groups in total. The molecule has 1 saturated heterocycles. The Morgan fingerprint density at radius 1 is 1.35 bits per heavy atom. The summed E-state index contributed by atoms with van der Waals surface area (Å²) < 4.78 is 2.03. The second kappa shape index (κ2) is 6.22. The summed E-state index contributed by atoms with van der Waals surface area (Å²) in [6.07, 6.45) is 5.07. The SMILES string of the molecule is Cc1c(NC=O)c(C)n(CCC2CCCN2C)c1C=O. The Morgan fingerprint density at radius 2 is 2.10 bits per heavy atom. The number of nitrogens with zero attached hydrogens (tertiary/aromatic N) is 2. The lowest BCUT2D eigenvalue weighted by Crippen LogP contribution is -2.26. The van der Waals surface area contributed by atoms with Crippen LogP contribution in [-0.2, 0) is 11.3 Å². The highest BCUT2D eigenvalue weighted by molar-refractivity contribution is 5.84. The van der Waals surface area contributed by atoms with Crippen molar-refractivity contribution in [3.63, 3.8) is 0 Å². The molecule has 0 aromatic carbocycles. The minimum atomic E-state index is 0.596. The number of aromatic nitrogens is 1. The van der Waals surface area contributed by atoms with E-state index in [2.05, 4.69) is 17.3 Å². The molecule has 1 aromatic heterocycles. The maximum Gasteiger partial charge on any atom is 0.211 e. The van der Waals surface area contributed by atoms with E-state index in [0.717, 1.165) is 42.7 Å². The number of hydrogen-bond donors (Lipinski definition) is 1. The maximum atomic E-state index is 11.3. The normalized spacial score (nSPS) is 19.2. The van der Waals surface area contributed by atoms with Crippen LogP contribution in [0.4, 0.5) is 5.69 Å². The molecule has 0 bridgehead atoms. The minimum absolute atomic E-state index is 0.596. The van der Waals surface area contributed by atoms with E-state index in [1.807, 2.05) is 18.4 Å². The molecule has 2 heterocycles.